The van der Waals surface area contributed by atoms with Crippen molar-refractivity contribution in [2.24, 2.45) is 0 Å². The van der Waals surface area contributed by atoms with E-state index in [1.54, 1.807) is 19.2 Å². The van der Waals surface area contributed by atoms with Gasteiger partial charge in [-0.05, 0) is 66.2 Å². The molecule has 1 unspecified atom stereocenters. The maximum atomic E-state index is 13.5. The summed E-state index contributed by atoms with van der Waals surface area (Å²) in [5, 5.41) is 7.64. The second-order valence-corrected chi connectivity index (χ2v) is 10.7. The predicted molar refractivity (Wildman–Crippen MR) is 159 cm³/mol. The van der Waals surface area contributed by atoms with Crippen LogP contribution in [0.15, 0.2) is 113 Å². The highest BCUT2D eigenvalue weighted by Gasteiger charge is 2.23. The molecule has 0 spiro atoms. The largest absolute Gasteiger partial charge is 0.497 e. The molecule has 0 aliphatic carbocycles. The number of thiazole rings is 1. The number of thioether (sulfide) groups is 1. The minimum atomic E-state index is -0.537. The summed E-state index contributed by atoms with van der Waals surface area (Å²) in [5.41, 5.74) is 3.45. The van der Waals surface area contributed by atoms with Gasteiger partial charge in [0, 0.05) is 27.1 Å². The number of amides is 2. The predicted octanol–water partition coefficient (Wildman–Crippen LogP) is 7.68. The molecule has 1 aromatic heterocycles. The highest BCUT2D eigenvalue weighted by Crippen LogP contribution is 2.37. The summed E-state index contributed by atoms with van der Waals surface area (Å²) >= 11 is 2.75. The fraction of sp³-hybridized carbons (Fsp3) is 0.0645. The number of benzene rings is 4. The van der Waals surface area contributed by atoms with E-state index in [2.05, 4.69) is 15.6 Å². The first-order valence-electron chi connectivity index (χ1n) is 12.3. The Morgan fingerprint density at radius 1 is 0.900 bits per heavy atom. The summed E-state index contributed by atoms with van der Waals surface area (Å²) in [4.78, 5) is 31.4. The third-order valence-corrected chi connectivity index (χ3v) is 7.94. The van der Waals surface area contributed by atoms with E-state index in [0.717, 1.165) is 27.5 Å². The van der Waals surface area contributed by atoms with Crippen LogP contribution in [0.5, 0.6) is 5.75 Å². The number of hydrogen-bond acceptors (Lipinski definition) is 6. The number of halogens is 1. The molecule has 1 atom stereocenters. The van der Waals surface area contributed by atoms with Gasteiger partial charge in [-0.2, -0.15) is 0 Å². The van der Waals surface area contributed by atoms with Gasteiger partial charge in [0.2, 0.25) is 5.91 Å². The van der Waals surface area contributed by atoms with Crippen LogP contribution >= 0.6 is 23.1 Å². The van der Waals surface area contributed by atoms with Crippen molar-refractivity contribution in [3.63, 3.8) is 0 Å². The van der Waals surface area contributed by atoms with Gasteiger partial charge in [0.15, 0.2) is 5.13 Å². The maximum absolute atomic E-state index is 13.5. The third-order valence-electron chi connectivity index (χ3n) is 5.91. The Kier molecular flexibility index (Phi) is 8.53. The molecule has 1 heterocycles. The van der Waals surface area contributed by atoms with Crippen LogP contribution in [-0.2, 0) is 4.79 Å². The van der Waals surface area contributed by atoms with Crippen molar-refractivity contribution in [1.82, 2.24) is 4.98 Å². The Hall–Kier alpha value is -4.47. The molecule has 2 N–H and O–H groups in total. The standard InChI is InChI=1S/C31H24FN3O3S2/c1-38-25-9-5-8-22(18-25)27-19-39-31(34-27)35-30(37)28(20-6-3-2-4-7-20)40-26-16-14-24(15-17-26)33-29(36)21-10-12-23(32)13-11-21/h2-19,28H,1H3,(H,33,36)(H,34,35,37). The lowest BCUT2D eigenvalue weighted by molar-refractivity contribution is -0.115. The lowest BCUT2D eigenvalue weighted by atomic mass is 10.1. The Labute approximate surface area is 239 Å². The van der Waals surface area contributed by atoms with E-state index in [4.69, 9.17) is 4.74 Å². The number of rotatable bonds is 9. The minimum Gasteiger partial charge on any atom is -0.497 e. The van der Waals surface area contributed by atoms with Crippen molar-refractivity contribution in [2.45, 2.75) is 10.1 Å². The first-order chi connectivity index (χ1) is 19.5. The molecule has 9 heteroatoms. The van der Waals surface area contributed by atoms with E-state index in [0.29, 0.717) is 16.4 Å². The highest BCUT2D eigenvalue weighted by molar-refractivity contribution is 8.00. The molecule has 0 fully saturated rings. The van der Waals surface area contributed by atoms with Crippen LogP contribution in [0.3, 0.4) is 0 Å². The van der Waals surface area contributed by atoms with E-state index >= 15 is 0 Å². The van der Waals surface area contributed by atoms with Crippen molar-refractivity contribution < 1.29 is 18.7 Å². The summed E-state index contributed by atoms with van der Waals surface area (Å²) < 4.78 is 18.5. The molecule has 0 saturated carbocycles. The number of nitrogens with one attached hydrogen (secondary N) is 2. The van der Waals surface area contributed by atoms with Gasteiger partial charge in [-0.15, -0.1) is 23.1 Å². The Bertz CT molecular complexity index is 1610. The number of anilines is 2. The Morgan fingerprint density at radius 2 is 1.65 bits per heavy atom. The van der Waals surface area contributed by atoms with Gasteiger partial charge in [0.05, 0.1) is 12.8 Å². The van der Waals surface area contributed by atoms with Crippen molar-refractivity contribution in [1.29, 1.82) is 0 Å². The van der Waals surface area contributed by atoms with Gasteiger partial charge in [-0.1, -0.05) is 42.5 Å². The molecule has 6 nitrogen and oxygen atoms in total. The average molecular weight is 570 g/mol. The molecule has 0 radical (unpaired) electrons. The monoisotopic (exact) mass is 569 g/mol. The van der Waals surface area contributed by atoms with Gasteiger partial charge in [0.1, 0.15) is 16.8 Å². The fourth-order valence-corrected chi connectivity index (χ4v) is 5.62. The summed E-state index contributed by atoms with van der Waals surface area (Å²) in [6.45, 7) is 0. The average Bonchev–Trinajstić information content (AvgIpc) is 3.46. The number of carbonyl (C=O) groups excluding carboxylic acids is 2. The lowest BCUT2D eigenvalue weighted by Gasteiger charge is -2.16. The van der Waals surface area contributed by atoms with Crippen molar-refractivity contribution >= 4 is 45.7 Å². The number of hydrogen-bond donors (Lipinski definition) is 2. The lowest BCUT2D eigenvalue weighted by Crippen LogP contribution is -2.19. The van der Waals surface area contributed by atoms with Crippen molar-refractivity contribution in [3.05, 3.63) is 125 Å². The zero-order valence-electron chi connectivity index (χ0n) is 21.3. The molecule has 5 rings (SSSR count). The van der Waals surface area contributed by atoms with Crippen LogP contribution < -0.4 is 15.4 Å². The minimum absolute atomic E-state index is 0.198. The molecule has 40 heavy (non-hydrogen) atoms. The summed E-state index contributed by atoms with van der Waals surface area (Å²) in [5.74, 6) is -0.199. The van der Waals surface area contributed by atoms with Crippen molar-refractivity contribution in [2.75, 3.05) is 17.7 Å². The molecule has 0 aliphatic heterocycles. The van der Waals surface area contributed by atoms with Crippen LogP contribution in [-0.4, -0.2) is 23.9 Å². The molecule has 2 amide bonds. The zero-order valence-corrected chi connectivity index (χ0v) is 23.0. The van der Waals surface area contributed by atoms with Crippen LogP contribution in [0.1, 0.15) is 21.2 Å². The van der Waals surface area contributed by atoms with E-state index in [1.807, 2.05) is 72.1 Å². The molecule has 0 aliphatic rings. The molecule has 5 aromatic rings. The van der Waals surface area contributed by atoms with Crippen LogP contribution in [0.2, 0.25) is 0 Å². The number of ether oxygens (including phenoxy) is 1. The first kappa shape index (κ1) is 27.1. The Balaban J connectivity index is 1.29. The molecule has 200 valence electrons. The molecular formula is C31H24FN3O3S2. The van der Waals surface area contributed by atoms with Crippen LogP contribution in [0.25, 0.3) is 11.3 Å². The molecule has 0 saturated heterocycles. The van der Waals surface area contributed by atoms with Crippen molar-refractivity contribution in [3.8, 4) is 17.0 Å². The van der Waals surface area contributed by atoms with E-state index in [-0.39, 0.29) is 11.8 Å². The fourth-order valence-electron chi connectivity index (χ4n) is 3.88. The van der Waals surface area contributed by atoms with Crippen LogP contribution in [0.4, 0.5) is 15.2 Å². The first-order valence-corrected chi connectivity index (χ1v) is 14.0. The second-order valence-electron chi connectivity index (χ2n) is 8.65. The van der Waals surface area contributed by atoms with Gasteiger partial charge in [-0.25, -0.2) is 9.37 Å². The third kappa shape index (κ3) is 6.74. The van der Waals surface area contributed by atoms with Crippen LogP contribution in [0, 0.1) is 5.82 Å². The number of methoxy groups -OCH3 is 1. The zero-order chi connectivity index (χ0) is 27.9. The van der Waals surface area contributed by atoms with Gasteiger partial charge >= 0.3 is 0 Å². The molecular weight excluding hydrogens is 545 g/mol. The summed E-state index contributed by atoms with van der Waals surface area (Å²) in [6, 6.07) is 29.7. The van der Waals surface area contributed by atoms with E-state index in [1.165, 1.54) is 47.4 Å². The smallest absolute Gasteiger partial charge is 0.255 e. The summed E-state index contributed by atoms with van der Waals surface area (Å²) in [6.07, 6.45) is 0. The number of carbonyl (C=O) groups is 2. The summed E-state index contributed by atoms with van der Waals surface area (Å²) in [7, 11) is 1.62. The van der Waals surface area contributed by atoms with E-state index in [9.17, 15) is 14.0 Å². The highest BCUT2D eigenvalue weighted by atomic mass is 32.2. The van der Waals surface area contributed by atoms with Gasteiger partial charge in [-0.3, -0.25) is 9.59 Å². The molecule has 4 aromatic carbocycles. The SMILES string of the molecule is COc1cccc(-c2csc(NC(=O)C(Sc3ccc(NC(=O)c4ccc(F)cc4)cc3)c3ccccc3)n2)c1. The van der Waals surface area contributed by atoms with E-state index < -0.39 is 11.1 Å². The number of aromatic nitrogens is 1. The second kappa shape index (κ2) is 12.6. The van der Waals surface area contributed by atoms with Gasteiger partial charge in [0.25, 0.3) is 5.91 Å². The maximum Gasteiger partial charge on any atom is 0.255 e. The topological polar surface area (TPSA) is 80.3 Å². The number of nitrogens with zero attached hydrogens (tertiary/aromatic N) is 1. The van der Waals surface area contributed by atoms with Gasteiger partial charge < -0.3 is 15.4 Å². The Morgan fingerprint density at radius 3 is 2.38 bits per heavy atom. The molecule has 0 bridgehead atoms. The normalized spacial score (nSPS) is 11.4. The quantitative estimate of drug-likeness (QED) is 0.178.